The zero-order valence-corrected chi connectivity index (χ0v) is 15.6. The normalized spacial score (nSPS) is 12.1. The molecular formula is C18H21N5O2S. The van der Waals surface area contributed by atoms with Gasteiger partial charge in [-0.3, -0.25) is 14.3 Å². The summed E-state index contributed by atoms with van der Waals surface area (Å²) >= 11 is 1.36. The summed E-state index contributed by atoms with van der Waals surface area (Å²) in [5.74, 6) is 1.76. The largest absolute Gasteiger partial charge is 0.467 e. The third-order valence-electron chi connectivity index (χ3n) is 3.88. The Bertz CT molecular complexity index is 833. The van der Waals surface area contributed by atoms with E-state index >= 15 is 0 Å². The lowest BCUT2D eigenvalue weighted by Crippen LogP contribution is -2.33. The van der Waals surface area contributed by atoms with Gasteiger partial charge in [0, 0.05) is 24.0 Å². The Morgan fingerprint density at radius 1 is 1.35 bits per heavy atom. The van der Waals surface area contributed by atoms with Crippen molar-refractivity contribution in [1.82, 2.24) is 25.1 Å². The first kappa shape index (κ1) is 18.2. The lowest BCUT2D eigenvalue weighted by atomic mass is 10.2. The van der Waals surface area contributed by atoms with Crippen molar-refractivity contribution in [3.8, 4) is 11.4 Å². The molecule has 3 aromatic heterocycles. The molecule has 0 aliphatic heterocycles. The molecule has 1 amide bonds. The minimum atomic E-state index is -0.0140. The Morgan fingerprint density at radius 2 is 2.23 bits per heavy atom. The van der Waals surface area contributed by atoms with Crippen LogP contribution in [0.3, 0.4) is 0 Å². The molecule has 136 valence electrons. The quantitative estimate of drug-likeness (QED) is 0.613. The maximum atomic E-state index is 12.1. The topological polar surface area (TPSA) is 85.8 Å². The monoisotopic (exact) mass is 371 g/mol. The van der Waals surface area contributed by atoms with E-state index in [-0.39, 0.29) is 17.7 Å². The van der Waals surface area contributed by atoms with Crippen molar-refractivity contribution in [1.29, 1.82) is 0 Å². The number of nitrogens with one attached hydrogen (secondary N) is 1. The van der Waals surface area contributed by atoms with Gasteiger partial charge < -0.3 is 9.73 Å². The van der Waals surface area contributed by atoms with Crippen LogP contribution in [0.5, 0.6) is 0 Å². The van der Waals surface area contributed by atoms with Crippen LogP contribution in [0.4, 0.5) is 0 Å². The summed E-state index contributed by atoms with van der Waals surface area (Å²) in [5, 5.41) is 12.2. The third kappa shape index (κ3) is 4.51. The molecule has 3 heterocycles. The van der Waals surface area contributed by atoms with Crippen LogP contribution in [0.15, 0.2) is 52.5 Å². The Labute approximate surface area is 156 Å². The molecule has 0 aliphatic rings. The lowest BCUT2D eigenvalue weighted by molar-refractivity contribution is -0.119. The highest BCUT2D eigenvalue weighted by Crippen LogP contribution is 2.24. The van der Waals surface area contributed by atoms with Gasteiger partial charge in [0.2, 0.25) is 5.91 Å². The summed E-state index contributed by atoms with van der Waals surface area (Å²) in [6.45, 7) is 4.51. The molecule has 1 atom stereocenters. The van der Waals surface area contributed by atoms with E-state index in [0.717, 1.165) is 17.7 Å². The SMILES string of the molecule is CCC(C)NC(=O)CSc1nnc(-c2cccnc2)n1Cc1ccco1. The Kier molecular flexibility index (Phi) is 6.06. The van der Waals surface area contributed by atoms with Crippen molar-refractivity contribution in [3.63, 3.8) is 0 Å². The molecule has 1 unspecified atom stereocenters. The molecule has 8 heteroatoms. The fraction of sp³-hybridized carbons (Fsp3) is 0.333. The fourth-order valence-electron chi connectivity index (χ4n) is 2.35. The predicted octanol–water partition coefficient (Wildman–Crippen LogP) is 2.99. The number of aromatic nitrogens is 4. The molecule has 26 heavy (non-hydrogen) atoms. The summed E-state index contributed by atoms with van der Waals surface area (Å²) in [5.41, 5.74) is 0.863. The number of furan rings is 1. The third-order valence-corrected chi connectivity index (χ3v) is 4.85. The number of carbonyl (C=O) groups excluding carboxylic acids is 1. The van der Waals surface area contributed by atoms with Gasteiger partial charge >= 0.3 is 0 Å². The zero-order valence-electron chi connectivity index (χ0n) is 14.8. The molecule has 0 radical (unpaired) electrons. The van der Waals surface area contributed by atoms with Crippen LogP contribution < -0.4 is 5.32 Å². The van der Waals surface area contributed by atoms with Crippen molar-refractivity contribution < 1.29 is 9.21 Å². The Hall–Kier alpha value is -2.61. The number of pyridine rings is 1. The molecule has 3 rings (SSSR count). The van der Waals surface area contributed by atoms with Crippen molar-refractivity contribution in [2.45, 2.75) is 38.0 Å². The molecule has 1 N–H and O–H groups in total. The number of nitrogens with zero attached hydrogens (tertiary/aromatic N) is 4. The van der Waals surface area contributed by atoms with E-state index in [9.17, 15) is 4.79 Å². The van der Waals surface area contributed by atoms with Gasteiger partial charge in [-0.1, -0.05) is 18.7 Å². The maximum Gasteiger partial charge on any atom is 0.230 e. The van der Waals surface area contributed by atoms with Gasteiger partial charge in [-0.25, -0.2) is 0 Å². The molecular weight excluding hydrogens is 350 g/mol. The van der Waals surface area contributed by atoms with Gasteiger partial charge in [0.1, 0.15) is 5.76 Å². The minimum Gasteiger partial charge on any atom is -0.467 e. The molecule has 0 bridgehead atoms. The number of carbonyl (C=O) groups is 1. The first-order chi connectivity index (χ1) is 12.7. The number of hydrogen-bond acceptors (Lipinski definition) is 6. The van der Waals surface area contributed by atoms with E-state index in [4.69, 9.17) is 4.42 Å². The highest BCUT2D eigenvalue weighted by Gasteiger charge is 2.17. The van der Waals surface area contributed by atoms with Gasteiger partial charge in [-0.2, -0.15) is 0 Å². The summed E-state index contributed by atoms with van der Waals surface area (Å²) < 4.78 is 7.41. The van der Waals surface area contributed by atoms with Gasteiger partial charge in [-0.05, 0) is 37.6 Å². The standard InChI is InChI=1S/C18H21N5O2S/c1-3-13(2)20-16(24)12-26-18-22-21-17(14-6-4-8-19-10-14)23(18)11-15-7-5-9-25-15/h4-10,13H,3,11-12H2,1-2H3,(H,20,24). The van der Waals surface area contributed by atoms with Crippen molar-refractivity contribution in [3.05, 3.63) is 48.7 Å². The highest BCUT2D eigenvalue weighted by molar-refractivity contribution is 7.99. The maximum absolute atomic E-state index is 12.1. The van der Waals surface area contributed by atoms with Crippen LogP contribution in [0.25, 0.3) is 11.4 Å². The molecule has 0 saturated carbocycles. The van der Waals surface area contributed by atoms with Crippen LogP contribution in [0.2, 0.25) is 0 Å². The molecule has 0 fully saturated rings. The first-order valence-corrected chi connectivity index (χ1v) is 9.44. The molecule has 3 aromatic rings. The number of rotatable bonds is 8. The van der Waals surface area contributed by atoms with E-state index in [1.807, 2.05) is 42.7 Å². The van der Waals surface area contributed by atoms with Crippen molar-refractivity contribution in [2.75, 3.05) is 5.75 Å². The minimum absolute atomic E-state index is 0.0140. The Morgan fingerprint density at radius 3 is 2.92 bits per heavy atom. The number of amides is 1. The molecule has 0 aliphatic carbocycles. The van der Waals surface area contributed by atoms with Crippen LogP contribution >= 0.6 is 11.8 Å². The molecule has 0 aromatic carbocycles. The van der Waals surface area contributed by atoms with E-state index < -0.39 is 0 Å². The highest BCUT2D eigenvalue weighted by atomic mass is 32.2. The Balaban J connectivity index is 1.80. The van der Waals surface area contributed by atoms with Gasteiger partial charge in [-0.15, -0.1) is 10.2 Å². The second-order valence-electron chi connectivity index (χ2n) is 5.88. The van der Waals surface area contributed by atoms with Gasteiger partial charge in [0.15, 0.2) is 11.0 Å². The summed E-state index contributed by atoms with van der Waals surface area (Å²) in [4.78, 5) is 16.2. The zero-order chi connectivity index (χ0) is 18.4. The van der Waals surface area contributed by atoms with E-state index in [2.05, 4.69) is 20.5 Å². The average molecular weight is 371 g/mol. The van der Waals surface area contributed by atoms with Gasteiger partial charge in [0.05, 0.1) is 18.6 Å². The van der Waals surface area contributed by atoms with Gasteiger partial charge in [0.25, 0.3) is 0 Å². The van der Waals surface area contributed by atoms with Crippen molar-refractivity contribution in [2.24, 2.45) is 0 Å². The van der Waals surface area contributed by atoms with E-state index in [0.29, 0.717) is 17.5 Å². The van der Waals surface area contributed by atoms with E-state index in [1.165, 1.54) is 11.8 Å². The summed E-state index contributed by atoms with van der Waals surface area (Å²) in [6.07, 6.45) is 5.99. The molecule has 7 nitrogen and oxygen atoms in total. The van der Waals surface area contributed by atoms with Crippen LogP contribution in [0.1, 0.15) is 26.0 Å². The second-order valence-corrected chi connectivity index (χ2v) is 6.82. The molecule has 0 spiro atoms. The number of thioether (sulfide) groups is 1. The van der Waals surface area contributed by atoms with Crippen LogP contribution in [0, 0.1) is 0 Å². The summed E-state index contributed by atoms with van der Waals surface area (Å²) in [6, 6.07) is 7.69. The van der Waals surface area contributed by atoms with Crippen LogP contribution in [-0.2, 0) is 11.3 Å². The van der Waals surface area contributed by atoms with Crippen LogP contribution in [-0.4, -0.2) is 37.5 Å². The van der Waals surface area contributed by atoms with E-state index in [1.54, 1.807) is 18.7 Å². The fourth-order valence-corrected chi connectivity index (χ4v) is 3.10. The summed E-state index contributed by atoms with van der Waals surface area (Å²) in [7, 11) is 0. The average Bonchev–Trinajstić information content (AvgIpc) is 3.31. The van der Waals surface area contributed by atoms with Crippen molar-refractivity contribution >= 4 is 17.7 Å². The second kappa shape index (κ2) is 8.66. The number of hydrogen-bond donors (Lipinski definition) is 1. The predicted molar refractivity (Wildman–Crippen MR) is 99.7 cm³/mol. The first-order valence-electron chi connectivity index (χ1n) is 8.45. The lowest BCUT2D eigenvalue weighted by Gasteiger charge is -2.11. The molecule has 0 saturated heterocycles. The smallest absolute Gasteiger partial charge is 0.230 e.